The van der Waals surface area contributed by atoms with E-state index in [0.29, 0.717) is 17.5 Å². The molecule has 3 atom stereocenters. The predicted molar refractivity (Wildman–Crippen MR) is 142 cm³/mol. The second-order valence-corrected chi connectivity index (χ2v) is 11.6. The molecule has 0 radical (unpaired) electrons. The Bertz CT molecular complexity index is 1210. The monoisotopic (exact) mass is 468 g/mol. The van der Waals surface area contributed by atoms with Crippen molar-refractivity contribution in [2.24, 2.45) is 5.41 Å². The third-order valence-corrected chi connectivity index (χ3v) is 7.85. The smallest absolute Gasteiger partial charge is 0.335 e. The molecule has 1 spiro atoms. The Kier molecular flexibility index (Phi) is 5.96. The summed E-state index contributed by atoms with van der Waals surface area (Å²) in [5, 5.41) is 13.3. The molecule has 35 heavy (non-hydrogen) atoms. The second kappa shape index (κ2) is 8.83. The molecule has 3 aromatic rings. The topological polar surface area (TPSA) is 52.6 Å². The van der Waals surface area contributed by atoms with Crippen LogP contribution in [0.2, 0.25) is 0 Å². The lowest BCUT2D eigenvalue weighted by atomic mass is 9.64. The summed E-state index contributed by atoms with van der Waals surface area (Å²) in [4.78, 5) is 13.9. The summed E-state index contributed by atoms with van der Waals surface area (Å²) in [5.74, 6) is -0.498. The first kappa shape index (κ1) is 23.6. The molecule has 3 aromatic carbocycles. The molecule has 0 unspecified atom stereocenters. The van der Waals surface area contributed by atoms with Crippen LogP contribution >= 0.6 is 0 Å². The van der Waals surface area contributed by atoms with Gasteiger partial charge in [0.15, 0.2) is 0 Å². The van der Waals surface area contributed by atoms with Crippen molar-refractivity contribution in [3.8, 4) is 0 Å². The number of anilines is 1. The minimum atomic E-state index is -0.884. The summed E-state index contributed by atoms with van der Waals surface area (Å²) in [6.07, 6.45) is 1.10. The van der Waals surface area contributed by atoms with Crippen LogP contribution in [0.15, 0.2) is 72.8 Å². The van der Waals surface area contributed by atoms with Crippen LogP contribution < -0.4 is 10.2 Å². The van der Waals surface area contributed by atoms with Gasteiger partial charge in [0.2, 0.25) is 0 Å². The number of carbonyl (C=O) groups is 1. The van der Waals surface area contributed by atoms with Crippen molar-refractivity contribution in [1.29, 1.82) is 0 Å². The van der Waals surface area contributed by atoms with Crippen molar-refractivity contribution in [3.05, 3.63) is 101 Å². The molecule has 0 bridgehead atoms. The molecule has 0 amide bonds. The molecule has 1 saturated heterocycles. The summed E-state index contributed by atoms with van der Waals surface area (Å²) < 4.78 is 0. The van der Waals surface area contributed by atoms with E-state index in [1.807, 2.05) is 12.1 Å². The van der Waals surface area contributed by atoms with E-state index in [9.17, 15) is 9.90 Å². The standard InChI is InChI=1S/C31H36N2O2/c1-21-10-15-25-27(16-21)33(19-22-11-13-24(14-12-22)29(34)35)20-31(25)26(23-8-6-5-7-9-23)18-32-28(31)17-30(2,3)4/h5-16,26,28,32H,17-20H2,1-4H3,(H,34,35)/t26-,28+,31-/m1/s1. The first-order valence-corrected chi connectivity index (χ1v) is 12.6. The van der Waals surface area contributed by atoms with Gasteiger partial charge in [0.05, 0.1) is 5.56 Å². The Hall–Kier alpha value is -3.11. The van der Waals surface area contributed by atoms with Crippen molar-refractivity contribution in [2.45, 2.75) is 58.0 Å². The van der Waals surface area contributed by atoms with Crippen molar-refractivity contribution in [3.63, 3.8) is 0 Å². The zero-order valence-corrected chi connectivity index (χ0v) is 21.2. The molecule has 0 aromatic heterocycles. The molecule has 2 N–H and O–H groups in total. The van der Waals surface area contributed by atoms with Gasteiger partial charge in [-0.15, -0.1) is 0 Å². The van der Waals surface area contributed by atoms with E-state index in [4.69, 9.17) is 0 Å². The van der Waals surface area contributed by atoms with E-state index in [0.717, 1.165) is 31.6 Å². The maximum absolute atomic E-state index is 11.3. The van der Waals surface area contributed by atoms with Gasteiger partial charge in [0.1, 0.15) is 0 Å². The number of aromatic carboxylic acids is 1. The summed E-state index contributed by atoms with van der Waals surface area (Å²) >= 11 is 0. The molecule has 0 saturated carbocycles. The summed E-state index contributed by atoms with van der Waals surface area (Å²) in [6, 6.07) is 25.7. The van der Waals surface area contributed by atoms with Gasteiger partial charge in [-0.25, -0.2) is 4.79 Å². The number of carboxylic acid groups (broad SMARTS) is 1. The number of aryl methyl sites for hydroxylation is 1. The van der Waals surface area contributed by atoms with Crippen LogP contribution in [0.3, 0.4) is 0 Å². The molecule has 4 nitrogen and oxygen atoms in total. The fraction of sp³-hybridized carbons (Fsp3) is 0.387. The van der Waals surface area contributed by atoms with Gasteiger partial charge < -0.3 is 15.3 Å². The van der Waals surface area contributed by atoms with E-state index in [-0.39, 0.29) is 10.8 Å². The van der Waals surface area contributed by atoms with Gasteiger partial charge >= 0.3 is 5.97 Å². The summed E-state index contributed by atoms with van der Waals surface area (Å²) in [7, 11) is 0. The molecule has 2 heterocycles. The normalized spacial score (nSPS) is 23.6. The second-order valence-electron chi connectivity index (χ2n) is 11.6. The SMILES string of the molecule is Cc1ccc2c(c1)N(Cc1ccc(C(=O)O)cc1)C[C@@]21[C@H](CC(C)(C)C)NC[C@@H]1c1ccccc1. The fourth-order valence-corrected chi connectivity index (χ4v) is 6.33. The maximum atomic E-state index is 11.3. The Morgan fingerprint density at radius 3 is 2.43 bits per heavy atom. The average Bonchev–Trinajstić information content (AvgIpc) is 3.31. The average molecular weight is 469 g/mol. The van der Waals surface area contributed by atoms with Gasteiger partial charge in [-0.3, -0.25) is 0 Å². The zero-order chi connectivity index (χ0) is 24.8. The van der Waals surface area contributed by atoms with Gasteiger partial charge in [0.25, 0.3) is 0 Å². The zero-order valence-electron chi connectivity index (χ0n) is 21.2. The van der Waals surface area contributed by atoms with Crippen molar-refractivity contribution < 1.29 is 9.90 Å². The number of benzene rings is 3. The van der Waals surface area contributed by atoms with Gasteiger partial charge in [-0.05, 0) is 59.2 Å². The van der Waals surface area contributed by atoms with E-state index in [1.165, 1.54) is 22.4 Å². The minimum Gasteiger partial charge on any atom is -0.478 e. The fourth-order valence-electron chi connectivity index (χ4n) is 6.33. The number of hydrogen-bond donors (Lipinski definition) is 2. The Labute approximate surface area is 209 Å². The van der Waals surface area contributed by atoms with Crippen LogP contribution in [0.25, 0.3) is 0 Å². The van der Waals surface area contributed by atoms with E-state index in [1.54, 1.807) is 12.1 Å². The Morgan fingerprint density at radius 1 is 1.06 bits per heavy atom. The van der Waals surface area contributed by atoms with E-state index in [2.05, 4.69) is 86.4 Å². The molecule has 2 aliphatic heterocycles. The predicted octanol–water partition coefficient (Wildman–Crippen LogP) is 6.14. The highest BCUT2D eigenvalue weighted by molar-refractivity contribution is 5.87. The lowest BCUT2D eigenvalue weighted by Crippen LogP contribution is -2.48. The third-order valence-electron chi connectivity index (χ3n) is 7.85. The van der Waals surface area contributed by atoms with Crippen LogP contribution in [0.1, 0.15) is 65.7 Å². The number of hydrogen-bond acceptors (Lipinski definition) is 3. The number of rotatable bonds is 5. The van der Waals surface area contributed by atoms with Crippen LogP contribution in [-0.2, 0) is 12.0 Å². The summed E-state index contributed by atoms with van der Waals surface area (Å²) in [6.45, 7) is 11.9. The van der Waals surface area contributed by atoms with E-state index >= 15 is 0 Å². The molecule has 5 rings (SSSR count). The lowest BCUT2D eigenvalue weighted by Gasteiger charge is -2.40. The van der Waals surface area contributed by atoms with Gasteiger partial charge in [-0.2, -0.15) is 0 Å². The third kappa shape index (κ3) is 4.36. The molecule has 4 heteroatoms. The molecule has 0 aliphatic carbocycles. The molecular formula is C31H36N2O2. The molecule has 1 fully saturated rings. The van der Waals surface area contributed by atoms with E-state index < -0.39 is 5.97 Å². The molecule has 2 aliphatic rings. The highest BCUT2D eigenvalue weighted by Gasteiger charge is 2.57. The van der Waals surface area contributed by atoms with Crippen molar-refractivity contribution in [1.82, 2.24) is 5.32 Å². The number of carboxylic acids is 1. The minimum absolute atomic E-state index is 0.0291. The number of nitrogens with one attached hydrogen (secondary N) is 1. The molecular weight excluding hydrogens is 432 g/mol. The first-order valence-electron chi connectivity index (χ1n) is 12.6. The Morgan fingerprint density at radius 2 is 1.77 bits per heavy atom. The largest absolute Gasteiger partial charge is 0.478 e. The van der Waals surface area contributed by atoms with Crippen LogP contribution in [0.4, 0.5) is 5.69 Å². The van der Waals surface area contributed by atoms with Crippen LogP contribution in [0.5, 0.6) is 0 Å². The Balaban J connectivity index is 1.59. The van der Waals surface area contributed by atoms with Crippen LogP contribution in [0, 0.1) is 12.3 Å². The summed E-state index contributed by atoms with van der Waals surface area (Å²) in [5.41, 5.74) is 7.07. The first-order chi connectivity index (χ1) is 16.7. The highest BCUT2D eigenvalue weighted by atomic mass is 16.4. The quantitative estimate of drug-likeness (QED) is 0.472. The van der Waals surface area contributed by atoms with Crippen molar-refractivity contribution >= 4 is 11.7 Å². The number of nitrogens with zero attached hydrogens (tertiary/aromatic N) is 1. The van der Waals surface area contributed by atoms with Gasteiger partial charge in [-0.1, -0.05) is 75.4 Å². The number of fused-ring (bicyclic) bond motifs is 2. The van der Waals surface area contributed by atoms with Crippen molar-refractivity contribution in [2.75, 3.05) is 18.0 Å². The van der Waals surface area contributed by atoms with Crippen LogP contribution in [-0.4, -0.2) is 30.2 Å². The van der Waals surface area contributed by atoms with Gasteiger partial charge in [0, 0.05) is 42.7 Å². The lowest BCUT2D eigenvalue weighted by molar-refractivity contribution is 0.0697. The molecule has 182 valence electrons. The maximum Gasteiger partial charge on any atom is 0.335 e. The highest BCUT2D eigenvalue weighted by Crippen LogP contribution is 2.55.